The van der Waals surface area contributed by atoms with Gasteiger partial charge in [0.05, 0.1) is 12.6 Å². The molecule has 0 unspecified atom stereocenters. The van der Waals surface area contributed by atoms with Crippen LogP contribution < -0.4 is 20.1 Å². The highest BCUT2D eigenvalue weighted by atomic mass is 19.3. The number of hydrogen-bond acceptors (Lipinski definition) is 4. The van der Waals surface area contributed by atoms with Crippen LogP contribution in [-0.4, -0.2) is 32.2 Å². The number of likely N-dealkylation sites (N-methyl/N-ethyl adjacent to an activating group) is 1. The monoisotopic (exact) mass is 288 g/mol. The molecule has 20 heavy (non-hydrogen) atoms. The smallest absolute Gasteiger partial charge is 0.387 e. The fraction of sp³-hybridized carbons (Fsp3) is 0.462. The molecule has 0 fully saturated rings. The van der Waals surface area contributed by atoms with Gasteiger partial charge in [-0.3, -0.25) is 4.79 Å². The summed E-state index contributed by atoms with van der Waals surface area (Å²) in [5.74, 6) is -0.271. The SMILES string of the molecule is CNC(C)(C)C(=O)Nc1ccc(OC)c(OC(F)F)c1. The molecule has 0 aliphatic carbocycles. The lowest BCUT2D eigenvalue weighted by molar-refractivity contribution is -0.121. The largest absolute Gasteiger partial charge is 0.493 e. The molecule has 2 N–H and O–H groups in total. The van der Waals surface area contributed by atoms with Gasteiger partial charge in [-0.2, -0.15) is 8.78 Å². The molecular weight excluding hydrogens is 270 g/mol. The predicted molar refractivity (Wildman–Crippen MR) is 71.4 cm³/mol. The van der Waals surface area contributed by atoms with Gasteiger partial charge in [0.1, 0.15) is 0 Å². The van der Waals surface area contributed by atoms with Crippen LogP contribution in [0, 0.1) is 0 Å². The van der Waals surface area contributed by atoms with Crippen LogP contribution in [0.2, 0.25) is 0 Å². The van der Waals surface area contributed by atoms with Crippen LogP contribution in [0.5, 0.6) is 11.5 Å². The van der Waals surface area contributed by atoms with E-state index >= 15 is 0 Å². The number of rotatable bonds is 6. The van der Waals surface area contributed by atoms with Crippen molar-refractivity contribution in [3.05, 3.63) is 18.2 Å². The molecule has 1 aromatic rings. The number of benzene rings is 1. The van der Waals surface area contributed by atoms with Crippen molar-refractivity contribution in [2.75, 3.05) is 19.5 Å². The summed E-state index contributed by atoms with van der Waals surface area (Å²) >= 11 is 0. The lowest BCUT2D eigenvalue weighted by Crippen LogP contribution is -2.47. The highest BCUT2D eigenvalue weighted by Gasteiger charge is 2.25. The molecule has 1 amide bonds. The molecule has 0 aliphatic heterocycles. The summed E-state index contributed by atoms with van der Waals surface area (Å²) in [7, 11) is 3.00. The second-order valence-corrected chi connectivity index (χ2v) is 4.57. The van der Waals surface area contributed by atoms with Crippen molar-refractivity contribution in [3.8, 4) is 11.5 Å². The van der Waals surface area contributed by atoms with Gasteiger partial charge in [0, 0.05) is 11.8 Å². The van der Waals surface area contributed by atoms with Crippen molar-refractivity contribution in [2.45, 2.75) is 26.0 Å². The Kier molecular flexibility index (Phi) is 5.26. The molecule has 0 heterocycles. The maximum absolute atomic E-state index is 12.3. The van der Waals surface area contributed by atoms with Crippen LogP contribution >= 0.6 is 0 Å². The zero-order valence-electron chi connectivity index (χ0n) is 11.8. The third-order valence-corrected chi connectivity index (χ3v) is 2.83. The molecule has 1 aromatic carbocycles. The third kappa shape index (κ3) is 4.06. The zero-order valence-corrected chi connectivity index (χ0v) is 11.8. The summed E-state index contributed by atoms with van der Waals surface area (Å²) in [5.41, 5.74) is -0.446. The first kappa shape index (κ1) is 16.2. The van der Waals surface area contributed by atoms with Crippen molar-refractivity contribution in [1.29, 1.82) is 0 Å². The van der Waals surface area contributed by atoms with Crippen LogP contribution in [0.1, 0.15) is 13.8 Å². The standard InChI is InChI=1S/C13H18F2N2O3/c1-13(2,16-3)11(18)17-8-5-6-9(19-4)10(7-8)20-12(14)15/h5-7,12,16H,1-4H3,(H,17,18). The third-order valence-electron chi connectivity index (χ3n) is 2.83. The fourth-order valence-electron chi connectivity index (χ4n) is 1.34. The van der Waals surface area contributed by atoms with Crippen molar-refractivity contribution in [1.82, 2.24) is 5.32 Å². The minimum Gasteiger partial charge on any atom is -0.493 e. The zero-order chi connectivity index (χ0) is 15.3. The second kappa shape index (κ2) is 6.51. The Balaban J connectivity index is 2.95. The first-order valence-corrected chi connectivity index (χ1v) is 5.93. The maximum atomic E-state index is 12.3. The lowest BCUT2D eigenvalue weighted by atomic mass is 10.1. The molecule has 0 radical (unpaired) electrons. The van der Waals surface area contributed by atoms with Gasteiger partial charge >= 0.3 is 6.61 Å². The van der Waals surface area contributed by atoms with Crippen LogP contribution in [-0.2, 0) is 4.79 Å². The molecule has 0 aliphatic rings. The Hall–Kier alpha value is -1.89. The van der Waals surface area contributed by atoms with Crippen molar-refractivity contribution < 1.29 is 23.0 Å². The maximum Gasteiger partial charge on any atom is 0.387 e. The minimum atomic E-state index is -2.97. The van der Waals surface area contributed by atoms with Gasteiger partial charge in [-0.25, -0.2) is 0 Å². The Labute approximate surface area is 116 Å². The van der Waals surface area contributed by atoms with E-state index in [1.807, 2.05) is 0 Å². The molecule has 7 heteroatoms. The number of ether oxygens (including phenoxy) is 2. The number of methoxy groups -OCH3 is 1. The highest BCUT2D eigenvalue weighted by molar-refractivity contribution is 5.97. The number of hydrogen-bond donors (Lipinski definition) is 2. The minimum absolute atomic E-state index is 0.137. The van der Waals surface area contributed by atoms with Crippen molar-refractivity contribution >= 4 is 11.6 Å². The summed E-state index contributed by atoms with van der Waals surface area (Å²) in [4.78, 5) is 12.0. The van der Waals surface area contributed by atoms with Gasteiger partial charge in [-0.05, 0) is 33.0 Å². The summed E-state index contributed by atoms with van der Waals surface area (Å²) in [5, 5.41) is 5.46. The molecule has 112 valence electrons. The summed E-state index contributed by atoms with van der Waals surface area (Å²) in [6.07, 6.45) is 0. The van der Waals surface area contributed by atoms with Crippen LogP contribution in [0.4, 0.5) is 14.5 Å². The van der Waals surface area contributed by atoms with Gasteiger partial charge < -0.3 is 20.1 Å². The number of amides is 1. The number of carbonyl (C=O) groups excluding carboxylic acids is 1. The first-order chi connectivity index (χ1) is 9.30. The van der Waals surface area contributed by atoms with Crippen LogP contribution in [0.3, 0.4) is 0 Å². The van der Waals surface area contributed by atoms with Crippen molar-refractivity contribution in [2.24, 2.45) is 0 Å². The molecule has 0 aromatic heterocycles. The average molecular weight is 288 g/mol. The van der Waals surface area contributed by atoms with E-state index in [9.17, 15) is 13.6 Å². The average Bonchev–Trinajstić information content (AvgIpc) is 2.38. The molecule has 1 rings (SSSR count). The topological polar surface area (TPSA) is 59.6 Å². The quantitative estimate of drug-likeness (QED) is 0.843. The highest BCUT2D eigenvalue weighted by Crippen LogP contribution is 2.31. The lowest BCUT2D eigenvalue weighted by Gasteiger charge is -2.23. The van der Waals surface area contributed by atoms with E-state index in [1.165, 1.54) is 19.2 Å². The van der Waals surface area contributed by atoms with E-state index in [0.29, 0.717) is 5.69 Å². The van der Waals surface area contributed by atoms with E-state index in [4.69, 9.17) is 4.74 Å². The van der Waals surface area contributed by atoms with Crippen molar-refractivity contribution in [3.63, 3.8) is 0 Å². The van der Waals surface area contributed by atoms with E-state index in [2.05, 4.69) is 15.4 Å². The van der Waals surface area contributed by atoms with Gasteiger partial charge in [0.25, 0.3) is 0 Å². The second-order valence-electron chi connectivity index (χ2n) is 4.57. The number of nitrogens with one attached hydrogen (secondary N) is 2. The summed E-state index contributed by atoms with van der Waals surface area (Å²) in [6, 6.07) is 4.27. The van der Waals surface area contributed by atoms with Gasteiger partial charge in [0.2, 0.25) is 5.91 Å². The molecule has 0 saturated heterocycles. The van der Waals surface area contributed by atoms with Gasteiger partial charge in [0.15, 0.2) is 11.5 Å². The van der Waals surface area contributed by atoms with E-state index in [-0.39, 0.29) is 17.4 Å². The number of halogens is 2. The fourth-order valence-corrected chi connectivity index (χ4v) is 1.34. The van der Waals surface area contributed by atoms with Gasteiger partial charge in [-0.1, -0.05) is 0 Å². The van der Waals surface area contributed by atoms with Crippen LogP contribution in [0.25, 0.3) is 0 Å². The van der Waals surface area contributed by atoms with E-state index < -0.39 is 12.2 Å². The molecule has 0 saturated carbocycles. The number of anilines is 1. The molecule has 0 bridgehead atoms. The van der Waals surface area contributed by atoms with E-state index in [0.717, 1.165) is 0 Å². The Bertz CT molecular complexity index is 479. The molecular formula is C13H18F2N2O3. The number of carbonyl (C=O) groups is 1. The molecule has 0 spiro atoms. The normalized spacial score (nSPS) is 11.3. The van der Waals surface area contributed by atoms with E-state index in [1.54, 1.807) is 27.0 Å². The Morgan fingerprint density at radius 3 is 2.45 bits per heavy atom. The molecule has 5 nitrogen and oxygen atoms in total. The predicted octanol–water partition coefficient (Wildman–Crippen LogP) is 2.23. The van der Waals surface area contributed by atoms with Crippen LogP contribution in [0.15, 0.2) is 18.2 Å². The Morgan fingerprint density at radius 1 is 1.30 bits per heavy atom. The Morgan fingerprint density at radius 2 is 1.95 bits per heavy atom. The van der Waals surface area contributed by atoms with Gasteiger partial charge in [-0.15, -0.1) is 0 Å². The summed E-state index contributed by atoms with van der Waals surface area (Å²) < 4.78 is 33.9. The summed E-state index contributed by atoms with van der Waals surface area (Å²) in [6.45, 7) is 0.425. The molecule has 0 atom stereocenters. The first-order valence-electron chi connectivity index (χ1n) is 5.93. The number of alkyl halides is 2.